The SMILES string of the molecule is CCCCCCCCCCCCCCCCCCCCCCCCCCCCCCCCCCCC(=O)NC(COP(=O)([O-])OCC[N+](C)(C)C)C(O)CCCCCCCCCCCCCCCCCCCCCCC. The Morgan fingerprint density at radius 3 is 0.895 bits per heavy atom. The van der Waals surface area contributed by atoms with E-state index in [1.54, 1.807) is 0 Å². The molecule has 0 aromatic rings. The largest absolute Gasteiger partial charge is 0.756 e. The molecule has 0 heterocycles. The molecule has 0 aromatic heterocycles. The van der Waals surface area contributed by atoms with Crippen molar-refractivity contribution in [2.24, 2.45) is 0 Å². The molecular weight excluding hydrogens is 960 g/mol. The van der Waals surface area contributed by atoms with E-state index in [2.05, 4.69) is 19.2 Å². The molecular formula is C67H137N2O6P. The van der Waals surface area contributed by atoms with Crippen LogP contribution in [0, 0.1) is 0 Å². The highest BCUT2D eigenvalue weighted by atomic mass is 31.2. The number of nitrogens with one attached hydrogen (secondary N) is 1. The molecule has 0 saturated heterocycles. The van der Waals surface area contributed by atoms with Crippen LogP contribution in [-0.4, -0.2) is 68.5 Å². The Kier molecular flexibility index (Phi) is 58.7. The lowest BCUT2D eigenvalue weighted by atomic mass is 10.0. The first kappa shape index (κ1) is 75.5. The quantitative estimate of drug-likeness (QED) is 0.0357. The molecule has 0 bridgehead atoms. The van der Waals surface area contributed by atoms with E-state index in [0.29, 0.717) is 23.9 Å². The molecule has 8 nitrogen and oxygen atoms in total. The summed E-state index contributed by atoms with van der Waals surface area (Å²) in [5.41, 5.74) is 0. The summed E-state index contributed by atoms with van der Waals surface area (Å²) in [5, 5.41) is 14.1. The molecule has 0 aliphatic rings. The molecule has 0 aliphatic carbocycles. The molecule has 0 saturated carbocycles. The van der Waals surface area contributed by atoms with Crippen LogP contribution in [0.5, 0.6) is 0 Å². The van der Waals surface area contributed by atoms with E-state index in [-0.39, 0.29) is 19.1 Å². The van der Waals surface area contributed by atoms with Gasteiger partial charge in [-0.3, -0.25) is 9.36 Å². The fourth-order valence-electron chi connectivity index (χ4n) is 11.0. The van der Waals surface area contributed by atoms with Gasteiger partial charge in [0.05, 0.1) is 39.9 Å². The summed E-state index contributed by atoms with van der Waals surface area (Å²) in [5.74, 6) is -0.154. The highest BCUT2D eigenvalue weighted by Gasteiger charge is 2.24. The average molecular weight is 1100 g/mol. The van der Waals surface area contributed by atoms with Crippen molar-refractivity contribution in [3.8, 4) is 0 Å². The summed E-state index contributed by atoms with van der Waals surface area (Å²) in [6.45, 7) is 4.80. The van der Waals surface area contributed by atoms with Gasteiger partial charge in [-0.15, -0.1) is 0 Å². The van der Waals surface area contributed by atoms with Crippen molar-refractivity contribution in [1.29, 1.82) is 0 Å². The maximum atomic E-state index is 13.0. The lowest BCUT2D eigenvalue weighted by Gasteiger charge is -2.30. The van der Waals surface area contributed by atoms with Gasteiger partial charge in [0.25, 0.3) is 7.82 Å². The number of carbonyl (C=O) groups excluding carboxylic acids is 1. The van der Waals surface area contributed by atoms with Gasteiger partial charge in [-0.2, -0.15) is 0 Å². The summed E-state index contributed by atoms with van der Waals surface area (Å²) in [6.07, 6.45) is 73.2. The third kappa shape index (κ3) is 61.1. The molecule has 0 radical (unpaired) electrons. The van der Waals surface area contributed by atoms with Crippen LogP contribution >= 0.6 is 7.82 Å². The molecule has 3 unspecified atom stereocenters. The molecule has 76 heavy (non-hydrogen) atoms. The van der Waals surface area contributed by atoms with Crippen LogP contribution in [-0.2, 0) is 18.4 Å². The van der Waals surface area contributed by atoms with Crippen molar-refractivity contribution < 1.29 is 32.9 Å². The van der Waals surface area contributed by atoms with Gasteiger partial charge in [0, 0.05) is 6.42 Å². The lowest BCUT2D eigenvalue weighted by molar-refractivity contribution is -0.870. The Labute approximate surface area is 476 Å². The summed E-state index contributed by atoms with van der Waals surface area (Å²) in [4.78, 5) is 25.6. The maximum absolute atomic E-state index is 13.0. The van der Waals surface area contributed by atoms with Crippen LogP contribution in [0.2, 0.25) is 0 Å². The Morgan fingerprint density at radius 2 is 0.645 bits per heavy atom. The van der Waals surface area contributed by atoms with Crippen LogP contribution in [0.3, 0.4) is 0 Å². The highest BCUT2D eigenvalue weighted by Crippen LogP contribution is 2.38. The number of quaternary nitrogens is 1. The van der Waals surface area contributed by atoms with E-state index in [9.17, 15) is 19.4 Å². The first-order valence-electron chi connectivity index (χ1n) is 34.4. The van der Waals surface area contributed by atoms with E-state index < -0.39 is 20.0 Å². The van der Waals surface area contributed by atoms with Gasteiger partial charge in [-0.25, -0.2) is 0 Å². The number of amides is 1. The fourth-order valence-corrected chi connectivity index (χ4v) is 11.7. The molecule has 0 aliphatic heterocycles. The van der Waals surface area contributed by atoms with Gasteiger partial charge >= 0.3 is 0 Å². The topological polar surface area (TPSA) is 108 Å². The van der Waals surface area contributed by atoms with Gasteiger partial charge in [-0.1, -0.05) is 354 Å². The van der Waals surface area contributed by atoms with Crippen molar-refractivity contribution in [2.75, 3.05) is 40.9 Å². The lowest BCUT2D eigenvalue weighted by Crippen LogP contribution is -2.46. The monoisotopic (exact) mass is 1100 g/mol. The van der Waals surface area contributed by atoms with Crippen LogP contribution in [0.25, 0.3) is 0 Å². The number of phosphoric acid groups is 1. The minimum atomic E-state index is -4.57. The molecule has 1 amide bonds. The third-order valence-corrected chi connectivity index (χ3v) is 17.3. The summed E-state index contributed by atoms with van der Waals surface area (Å²) >= 11 is 0. The molecule has 9 heteroatoms. The second kappa shape index (κ2) is 59.1. The first-order chi connectivity index (χ1) is 37.0. The number of carbonyl (C=O) groups is 1. The Morgan fingerprint density at radius 1 is 0.408 bits per heavy atom. The number of unbranched alkanes of at least 4 members (excludes halogenated alkanes) is 52. The Hall–Kier alpha value is -0.500. The zero-order valence-corrected chi connectivity index (χ0v) is 53.2. The van der Waals surface area contributed by atoms with Crippen LogP contribution in [0.4, 0.5) is 0 Å². The average Bonchev–Trinajstić information content (AvgIpc) is 3.38. The molecule has 0 rings (SSSR count). The number of aliphatic hydroxyl groups excluding tert-OH is 1. The van der Waals surface area contributed by atoms with Gasteiger partial charge in [0.1, 0.15) is 13.2 Å². The van der Waals surface area contributed by atoms with Gasteiger partial charge in [-0.05, 0) is 12.8 Å². The van der Waals surface area contributed by atoms with Crippen LogP contribution in [0.1, 0.15) is 373 Å². The summed E-state index contributed by atoms with van der Waals surface area (Å²) < 4.78 is 23.5. The van der Waals surface area contributed by atoms with Crippen LogP contribution in [0.15, 0.2) is 0 Å². The zero-order valence-electron chi connectivity index (χ0n) is 52.3. The summed E-state index contributed by atoms with van der Waals surface area (Å²) in [6, 6.07) is -0.796. The van der Waals surface area contributed by atoms with Crippen molar-refractivity contribution in [1.82, 2.24) is 5.32 Å². The van der Waals surface area contributed by atoms with E-state index in [4.69, 9.17) is 9.05 Å². The third-order valence-electron chi connectivity index (χ3n) is 16.3. The maximum Gasteiger partial charge on any atom is 0.268 e. The minimum Gasteiger partial charge on any atom is -0.756 e. The number of phosphoric ester groups is 1. The van der Waals surface area contributed by atoms with Gasteiger partial charge in [0.15, 0.2) is 0 Å². The fraction of sp³-hybridized carbons (Fsp3) is 0.985. The molecule has 0 fully saturated rings. The second-order valence-corrected chi connectivity index (χ2v) is 26.7. The predicted molar refractivity (Wildman–Crippen MR) is 330 cm³/mol. The number of hydrogen-bond acceptors (Lipinski definition) is 6. The number of likely N-dealkylation sites (N-methyl/N-ethyl adjacent to an activating group) is 1. The van der Waals surface area contributed by atoms with E-state index >= 15 is 0 Å². The van der Waals surface area contributed by atoms with E-state index in [0.717, 1.165) is 38.5 Å². The molecule has 0 spiro atoms. The highest BCUT2D eigenvalue weighted by molar-refractivity contribution is 7.45. The zero-order chi connectivity index (χ0) is 55.6. The standard InChI is InChI=1S/C67H137N2O6P/c1-6-8-10-12-14-16-18-20-22-24-26-28-29-30-31-32-33-34-35-36-37-38-39-41-43-45-47-49-51-53-55-57-59-61-67(71)68-65(64-75-76(72,73)74-63-62-69(3,4)5)66(70)60-58-56-54-52-50-48-46-44-42-40-27-25-23-21-19-17-15-13-11-9-7-2/h65-66,70H,6-64H2,1-5H3,(H-,68,71,72,73). The minimum absolute atomic E-state index is 0.0169. The number of rotatable bonds is 65. The Bertz CT molecular complexity index is 1200. The van der Waals surface area contributed by atoms with Crippen molar-refractivity contribution >= 4 is 13.7 Å². The van der Waals surface area contributed by atoms with Crippen molar-refractivity contribution in [2.45, 2.75) is 386 Å². The van der Waals surface area contributed by atoms with Crippen LogP contribution < -0.4 is 10.2 Å². The molecule has 456 valence electrons. The number of aliphatic hydroxyl groups is 1. The Balaban J connectivity index is 3.95. The smallest absolute Gasteiger partial charge is 0.268 e. The molecule has 3 atom stereocenters. The van der Waals surface area contributed by atoms with Gasteiger partial charge in [0.2, 0.25) is 5.91 Å². The second-order valence-electron chi connectivity index (χ2n) is 25.3. The van der Waals surface area contributed by atoms with E-state index in [1.165, 1.54) is 308 Å². The van der Waals surface area contributed by atoms with E-state index in [1.807, 2.05) is 21.1 Å². The molecule has 0 aromatic carbocycles. The van der Waals surface area contributed by atoms with Gasteiger partial charge < -0.3 is 28.8 Å². The number of hydrogen-bond donors (Lipinski definition) is 2. The van der Waals surface area contributed by atoms with Crippen molar-refractivity contribution in [3.05, 3.63) is 0 Å². The first-order valence-corrected chi connectivity index (χ1v) is 35.8. The van der Waals surface area contributed by atoms with Crippen molar-refractivity contribution in [3.63, 3.8) is 0 Å². The number of nitrogens with zero attached hydrogens (tertiary/aromatic N) is 1. The normalized spacial score (nSPS) is 13.6. The summed E-state index contributed by atoms with van der Waals surface area (Å²) in [7, 11) is 1.33. The molecule has 2 N–H and O–H groups in total. The predicted octanol–water partition coefficient (Wildman–Crippen LogP) is 20.9.